The van der Waals surface area contributed by atoms with Gasteiger partial charge in [0.1, 0.15) is 0 Å². The molecule has 92 valence electrons. The largest absolute Gasteiger partial charge is 0.353 e. The highest BCUT2D eigenvalue weighted by atomic mass is 15.3. The van der Waals surface area contributed by atoms with Crippen LogP contribution >= 0.6 is 0 Å². The molecule has 0 aromatic carbocycles. The molecule has 5 heteroatoms. The number of nitrogens with zero attached hydrogens (tertiary/aromatic N) is 4. The molecule has 0 saturated heterocycles. The van der Waals surface area contributed by atoms with Crippen molar-refractivity contribution in [2.45, 2.75) is 40.3 Å². The molecule has 0 spiro atoms. The summed E-state index contributed by atoms with van der Waals surface area (Å²) >= 11 is 0. The Morgan fingerprint density at radius 2 is 2.18 bits per heavy atom. The summed E-state index contributed by atoms with van der Waals surface area (Å²) in [6, 6.07) is 2.35. The van der Waals surface area contributed by atoms with Crippen molar-refractivity contribution in [1.29, 1.82) is 0 Å². The molecular weight excluding hydrogens is 214 g/mol. The molecule has 0 aliphatic carbocycles. The number of nitrogens with one attached hydrogen (secondary N) is 1. The number of imidazole rings is 1. The number of aryl methyl sites for hydroxylation is 2. The minimum absolute atomic E-state index is 0.351. The molecule has 0 unspecified atom stereocenters. The zero-order valence-electron chi connectivity index (χ0n) is 10.8. The Morgan fingerprint density at radius 3 is 2.76 bits per heavy atom. The normalized spacial score (nSPS) is 11.1. The third-order valence-electron chi connectivity index (χ3n) is 2.44. The molecule has 0 bridgehead atoms. The maximum Gasteiger partial charge on any atom is 0.209 e. The predicted octanol–water partition coefficient (Wildman–Crippen LogP) is 2.22. The maximum atomic E-state index is 4.48. The van der Waals surface area contributed by atoms with Crippen molar-refractivity contribution in [2.75, 3.05) is 5.32 Å². The lowest BCUT2D eigenvalue weighted by molar-refractivity contribution is 0.652. The Morgan fingerprint density at radius 1 is 1.41 bits per heavy atom. The standard InChI is InChI=1S/C12H19N5/c1-5-16-7-6-11(15-16)17-8-10(4)14-12(17)13-9(2)3/h6-9H,5H2,1-4H3,(H,13,14). The number of rotatable bonds is 4. The van der Waals surface area contributed by atoms with Crippen molar-refractivity contribution in [3.63, 3.8) is 0 Å². The Bertz CT molecular complexity index is 495. The molecule has 0 amide bonds. The lowest BCUT2D eigenvalue weighted by atomic mass is 10.4. The number of anilines is 1. The summed E-state index contributed by atoms with van der Waals surface area (Å²) in [5.41, 5.74) is 0.985. The smallest absolute Gasteiger partial charge is 0.209 e. The third kappa shape index (κ3) is 2.49. The number of hydrogen-bond donors (Lipinski definition) is 1. The predicted molar refractivity (Wildman–Crippen MR) is 68.5 cm³/mol. The molecule has 2 rings (SSSR count). The molecular formula is C12H19N5. The van der Waals surface area contributed by atoms with Gasteiger partial charge in [0, 0.05) is 31.0 Å². The van der Waals surface area contributed by atoms with Gasteiger partial charge in [-0.05, 0) is 27.7 Å². The quantitative estimate of drug-likeness (QED) is 0.880. The zero-order valence-corrected chi connectivity index (χ0v) is 10.8. The minimum atomic E-state index is 0.351. The topological polar surface area (TPSA) is 47.7 Å². The molecule has 1 N–H and O–H groups in total. The molecule has 0 aliphatic heterocycles. The first-order valence-corrected chi connectivity index (χ1v) is 5.96. The van der Waals surface area contributed by atoms with Gasteiger partial charge in [-0.1, -0.05) is 0 Å². The van der Waals surface area contributed by atoms with Gasteiger partial charge in [0.05, 0.1) is 5.69 Å². The molecule has 2 aromatic rings. The molecule has 0 saturated carbocycles. The second-order valence-corrected chi connectivity index (χ2v) is 4.40. The second kappa shape index (κ2) is 4.61. The highest BCUT2D eigenvalue weighted by Gasteiger charge is 2.10. The first kappa shape index (κ1) is 11.7. The van der Waals surface area contributed by atoms with Gasteiger partial charge in [0.15, 0.2) is 5.82 Å². The molecule has 0 aliphatic rings. The van der Waals surface area contributed by atoms with Gasteiger partial charge in [-0.25, -0.2) is 4.98 Å². The van der Waals surface area contributed by atoms with Gasteiger partial charge in [-0.2, -0.15) is 5.10 Å². The summed E-state index contributed by atoms with van der Waals surface area (Å²) in [5.74, 6) is 1.74. The van der Waals surface area contributed by atoms with E-state index in [-0.39, 0.29) is 0 Å². The van der Waals surface area contributed by atoms with E-state index in [0.717, 1.165) is 24.0 Å². The molecule has 17 heavy (non-hydrogen) atoms. The van der Waals surface area contributed by atoms with Crippen LogP contribution in [-0.2, 0) is 6.54 Å². The van der Waals surface area contributed by atoms with Crippen molar-refractivity contribution < 1.29 is 0 Å². The summed E-state index contributed by atoms with van der Waals surface area (Å²) in [7, 11) is 0. The van der Waals surface area contributed by atoms with E-state index in [9.17, 15) is 0 Å². The molecule has 0 fully saturated rings. The Kier molecular flexibility index (Phi) is 3.17. The van der Waals surface area contributed by atoms with E-state index >= 15 is 0 Å². The molecule has 0 atom stereocenters. The van der Waals surface area contributed by atoms with E-state index in [1.807, 2.05) is 34.6 Å². The number of aromatic nitrogens is 4. The van der Waals surface area contributed by atoms with E-state index in [2.05, 4.69) is 36.2 Å². The second-order valence-electron chi connectivity index (χ2n) is 4.40. The summed E-state index contributed by atoms with van der Waals surface area (Å²) < 4.78 is 3.89. The van der Waals surface area contributed by atoms with Crippen LogP contribution in [0.1, 0.15) is 26.5 Å². The van der Waals surface area contributed by atoms with E-state index in [1.165, 1.54) is 0 Å². The lowest BCUT2D eigenvalue weighted by Gasteiger charge is -2.10. The molecule has 5 nitrogen and oxygen atoms in total. The molecule has 2 heterocycles. The Balaban J connectivity index is 2.36. The fourth-order valence-corrected chi connectivity index (χ4v) is 1.69. The highest BCUT2D eigenvalue weighted by Crippen LogP contribution is 2.15. The van der Waals surface area contributed by atoms with Gasteiger partial charge < -0.3 is 5.32 Å². The summed E-state index contributed by atoms with van der Waals surface area (Å²) in [4.78, 5) is 4.46. The van der Waals surface area contributed by atoms with Crippen LogP contribution in [0.3, 0.4) is 0 Å². The van der Waals surface area contributed by atoms with Gasteiger partial charge >= 0.3 is 0 Å². The SMILES string of the molecule is CCn1ccc(-n2cc(C)nc2NC(C)C)n1. The van der Waals surface area contributed by atoms with Crippen LogP contribution in [0.4, 0.5) is 5.95 Å². The van der Waals surface area contributed by atoms with Crippen LogP contribution in [-0.4, -0.2) is 25.4 Å². The molecule has 2 aromatic heterocycles. The first-order chi connectivity index (χ1) is 8.10. The summed E-state index contributed by atoms with van der Waals surface area (Å²) in [5, 5.41) is 7.80. The van der Waals surface area contributed by atoms with Crippen molar-refractivity contribution >= 4 is 5.95 Å². The summed E-state index contributed by atoms with van der Waals surface area (Å²) in [6.45, 7) is 9.13. The fourth-order valence-electron chi connectivity index (χ4n) is 1.69. The van der Waals surface area contributed by atoms with Crippen molar-refractivity contribution in [3.05, 3.63) is 24.2 Å². The Hall–Kier alpha value is -1.78. The minimum Gasteiger partial charge on any atom is -0.353 e. The van der Waals surface area contributed by atoms with E-state index < -0.39 is 0 Å². The maximum absolute atomic E-state index is 4.48. The number of hydrogen-bond acceptors (Lipinski definition) is 3. The van der Waals surface area contributed by atoms with E-state index in [0.29, 0.717) is 6.04 Å². The van der Waals surface area contributed by atoms with Gasteiger partial charge in [-0.15, -0.1) is 0 Å². The van der Waals surface area contributed by atoms with Crippen LogP contribution in [0.5, 0.6) is 0 Å². The summed E-state index contributed by atoms with van der Waals surface area (Å²) in [6.07, 6.45) is 3.97. The molecule has 0 radical (unpaired) electrons. The first-order valence-electron chi connectivity index (χ1n) is 5.96. The highest BCUT2D eigenvalue weighted by molar-refractivity contribution is 5.39. The van der Waals surface area contributed by atoms with Crippen LogP contribution in [0.15, 0.2) is 18.5 Å². The zero-order chi connectivity index (χ0) is 12.4. The van der Waals surface area contributed by atoms with E-state index in [4.69, 9.17) is 0 Å². The average Bonchev–Trinajstić information content (AvgIpc) is 2.83. The van der Waals surface area contributed by atoms with Crippen molar-refractivity contribution in [2.24, 2.45) is 0 Å². The van der Waals surface area contributed by atoms with Crippen molar-refractivity contribution in [1.82, 2.24) is 19.3 Å². The van der Waals surface area contributed by atoms with Gasteiger partial charge in [-0.3, -0.25) is 9.25 Å². The third-order valence-corrected chi connectivity index (χ3v) is 2.44. The lowest BCUT2D eigenvalue weighted by Crippen LogP contribution is -2.14. The fraction of sp³-hybridized carbons (Fsp3) is 0.500. The van der Waals surface area contributed by atoms with Crippen LogP contribution in [0.25, 0.3) is 5.82 Å². The van der Waals surface area contributed by atoms with Crippen molar-refractivity contribution in [3.8, 4) is 5.82 Å². The monoisotopic (exact) mass is 233 g/mol. The Labute approximate surface area is 101 Å². The van der Waals surface area contributed by atoms with E-state index in [1.54, 1.807) is 0 Å². The van der Waals surface area contributed by atoms with Crippen LogP contribution < -0.4 is 5.32 Å². The van der Waals surface area contributed by atoms with Gasteiger partial charge in [0.2, 0.25) is 5.95 Å². The van der Waals surface area contributed by atoms with Crippen LogP contribution in [0, 0.1) is 6.92 Å². The van der Waals surface area contributed by atoms with Crippen LogP contribution in [0.2, 0.25) is 0 Å². The van der Waals surface area contributed by atoms with Gasteiger partial charge in [0.25, 0.3) is 0 Å². The average molecular weight is 233 g/mol.